The lowest BCUT2D eigenvalue weighted by atomic mass is 10.1. The number of rotatable bonds is 17. The van der Waals surface area contributed by atoms with Gasteiger partial charge in [-0.3, -0.25) is 24.2 Å². The normalized spacial score (nSPS) is 16.4. The van der Waals surface area contributed by atoms with Crippen molar-refractivity contribution in [1.82, 2.24) is 15.6 Å². The Morgan fingerprint density at radius 3 is 2.08 bits per heavy atom. The summed E-state index contributed by atoms with van der Waals surface area (Å²) in [6, 6.07) is 7.99. The first-order valence-corrected chi connectivity index (χ1v) is 18.0. The van der Waals surface area contributed by atoms with Gasteiger partial charge in [0.15, 0.2) is 0 Å². The lowest BCUT2D eigenvalue weighted by molar-refractivity contribution is -0.125. The number of carbonyl (C=O) groups excluding carboxylic acids is 4. The van der Waals surface area contributed by atoms with Gasteiger partial charge < -0.3 is 22.1 Å². The Kier molecular flexibility index (Phi) is 16.8. The van der Waals surface area contributed by atoms with Crippen molar-refractivity contribution in [1.29, 1.82) is 0 Å². The number of amides is 2. The molecule has 1 heterocycles. The fourth-order valence-corrected chi connectivity index (χ4v) is 7.33. The highest BCUT2D eigenvalue weighted by Crippen LogP contribution is 2.24. The summed E-state index contributed by atoms with van der Waals surface area (Å²) < 4.78 is 0. The molecule has 216 valence electrons. The average molecular weight is 651 g/mol. The van der Waals surface area contributed by atoms with E-state index in [9.17, 15) is 19.2 Å². The minimum Gasteiger partial charge on any atom is -0.353 e. The van der Waals surface area contributed by atoms with Gasteiger partial charge in [-0.15, -0.1) is 0 Å². The third kappa shape index (κ3) is 12.6. The van der Waals surface area contributed by atoms with Crippen LogP contribution >= 0.6 is 68.4 Å². The van der Waals surface area contributed by atoms with Crippen molar-refractivity contribution in [3.8, 4) is 0 Å². The van der Waals surface area contributed by atoms with Crippen LogP contribution in [0.1, 0.15) is 12.0 Å². The summed E-state index contributed by atoms with van der Waals surface area (Å²) in [5.41, 5.74) is 12.7. The molecule has 1 unspecified atom stereocenters. The smallest absolute Gasteiger partial charge is 0.267 e. The van der Waals surface area contributed by atoms with Crippen LogP contribution in [0.2, 0.25) is 0 Å². The van der Waals surface area contributed by atoms with E-state index >= 15 is 0 Å². The van der Waals surface area contributed by atoms with Gasteiger partial charge in [-0.1, -0.05) is 51.9 Å². The molecule has 3 atom stereocenters. The maximum atomic E-state index is 13.0. The standard InChI is InChI=1S/C23H34N6O4S6/c24-16(13-34)22(32)38-36-10-7-26-20(30)18-12-19(29(28-18)9-6-15-4-2-1-3-5-15)21(31)27-8-11-37-39-23(33)17(25)14-35/h1-5,16-17,19,34-35H,6-14,24-25H2,(H,26,30)(H,27,31)/t16-,17-,19?/m0/s1. The molecule has 10 nitrogen and oxygen atoms in total. The Morgan fingerprint density at radius 2 is 1.51 bits per heavy atom. The Hall–Kier alpha value is -1.01. The van der Waals surface area contributed by atoms with Gasteiger partial charge in [0.1, 0.15) is 11.8 Å². The number of nitrogens with one attached hydrogen (secondary N) is 2. The molecule has 1 aliphatic heterocycles. The van der Waals surface area contributed by atoms with Gasteiger partial charge in [-0.05, 0) is 33.6 Å². The van der Waals surface area contributed by atoms with E-state index < -0.39 is 18.1 Å². The number of hydrogen-bond acceptors (Lipinski definition) is 14. The third-order valence-corrected chi connectivity index (χ3v) is 10.7. The van der Waals surface area contributed by atoms with Gasteiger partial charge in [0.25, 0.3) is 5.91 Å². The minimum absolute atomic E-state index is 0.155. The maximum absolute atomic E-state index is 13.0. The molecule has 1 aromatic carbocycles. The second kappa shape index (κ2) is 19.2. The van der Waals surface area contributed by atoms with E-state index in [1.807, 2.05) is 30.3 Å². The minimum atomic E-state index is -0.616. The highest BCUT2D eigenvalue weighted by molar-refractivity contribution is 8.82. The quantitative estimate of drug-likeness (QED) is 0.0818. The number of hydrazone groups is 1. The fraction of sp³-hybridized carbons (Fsp3) is 0.522. The molecule has 0 spiro atoms. The van der Waals surface area contributed by atoms with E-state index in [2.05, 4.69) is 41.0 Å². The van der Waals surface area contributed by atoms with Crippen molar-refractivity contribution in [3.63, 3.8) is 0 Å². The predicted molar refractivity (Wildman–Crippen MR) is 172 cm³/mol. The number of nitrogens with two attached hydrogens (primary N) is 2. The van der Waals surface area contributed by atoms with Crippen LogP contribution in [0.25, 0.3) is 0 Å². The van der Waals surface area contributed by atoms with Crippen LogP contribution in [0.15, 0.2) is 35.4 Å². The van der Waals surface area contributed by atoms with Gasteiger partial charge in [0.05, 0.1) is 12.1 Å². The number of thiol groups is 2. The first kappa shape index (κ1) is 34.2. The molecule has 0 radical (unpaired) electrons. The van der Waals surface area contributed by atoms with Gasteiger partial charge >= 0.3 is 0 Å². The van der Waals surface area contributed by atoms with E-state index in [-0.39, 0.29) is 45.7 Å². The lowest BCUT2D eigenvalue weighted by Gasteiger charge is -2.22. The summed E-state index contributed by atoms with van der Waals surface area (Å²) in [6.07, 6.45) is 0.847. The van der Waals surface area contributed by atoms with Crippen LogP contribution in [0.4, 0.5) is 0 Å². The van der Waals surface area contributed by atoms with Gasteiger partial charge in [0, 0.05) is 49.1 Å². The molecule has 0 fully saturated rings. The molecular formula is C23H34N6O4S6. The monoisotopic (exact) mass is 650 g/mol. The second-order valence-corrected chi connectivity index (χ2v) is 13.8. The Labute approximate surface area is 255 Å². The first-order chi connectivity index (χ1) is 18.8. The molecule has 0 aromatic heterocycles. The molecule has 2 amide bonds. The van der Waals surface area contributed by atoms with Crippen molar-refractivity contribution >= 4 is 96.2 Å². The molecule has 16 heteroatoms. The summed E-state index contributed by atoms with van der Waals surface area (Å²) in [4.78, 5) is 49.3. The van der Waals surface area contributed by atoms with Crippen LogP contribution in [-0.4, -0.2) is 93.5 Å². The molecule has 39 heavy (non-hydrogen) atoms. The fourth-order valence-electron chi connectivity index (χ4n) is 3.13. The number of hydrogen-bond donors (Lipinski definition) is 6. The van der Waals surface area contributed by atoms with Gasteiger partial charge in [0.2, 0.25) is 16.1 Å². The molecule has 1 aliphatic rings. The van der Waals surface area contributed by atoms with Crippen molar-refractivity contribution in [3.05, 3.63) is 35.9 Å². The molecule has 6 N–H and O–H groups in total. The summed E-state index contributed by atoms with van der Waals surface area (Å²) in [6.45, 7) is 1.17. The summed E-state index contributed by atoms with van der Waals surface area (Å²) in [5, 5.41) is 11.5. The van der Waals surface area contributed by atoms with E-state index in [0.29, 0.717) is 37.6 Å². The third-order valence-electron chi connectivity index (χ3n) is 5.27. The zero-order valence-corrected chi connectivity index (χ0v) is 26.2. The van der Waals surface area contributed by atoms with Gasteiger partial charge in [-0.2, -0.15) is 30.4 Å². The average Bonchev–Trinajstić information content (AvgIpc) is 3.39. The second-order valence-electron chi connectivity index (χ2n) is 8.24. The Balaban J connectivity index is 1.86. The van der Waals surface area contributed by atoms with Crippen molar-refractivity contribution in [2.45, 2.75) is 31.0 Å². The number of nitrogens with zero attached hydrogens (tertiary/aromatic N) is 2. The molecule has 0 aliphatic carbocycles. The summed E-state index contributed by atoms with van der Waals surface area (Å²) in [5.74, 6) is 1.01. The molecule has 0 saturated heterocycles. The summed E-state index contributed by atoms with van der Waals surface area (Å²) >= 11 is 8.03. The lowest BCUT2D eigenvalue weighted by Crippen LogP contribution is -2.44. The number of carbonyl (C=O) groups is 4. The molecule has 0 bridgehead atoms. The largest absolute Gasteiger partial charge is 0.353 e. The molecule has 1 aromatic rings. The Bertz CT molecular complexity index is 989. The molecule has 2 rings (SSSR count). The van der Waals surface area contributed by atoms with E-state index in [1.165, 1.54) is 21.6 Å². The summed E-state index contributed by atoms with van der Waals surface area (Å²) in [7, 11) is 4.73. The van der Waals surface area contributed by atoms with Crippen molar-refractivity contribution in [2.24, 2.45) is 16.6 Å². The first-order valence-electron chi connectivity index (χ1n) is 12.1. The van der Waals surface area contributed by atoms with Crippen LogP contribution in [0, 0.1) is 0 Å². The van der Waals surface area contributed by atoms with Crippen LogP contribution in [-0.2, 0) is 25.6 Å². The van der Waals surface area contributed by atoms with E-state index in [0.717, 1.165) is 27.2 Å². The molecular weight excluding hydrogens is 617 g/mol. The van der Waals surface area contributed by atoms with Crippen LogP contribution in [0.3, 0.4) is 0 Å². The predicted octanol–water partition coefficient (Wildman–Crippen LogP) is 1.22. The zero-order chi connectivity index (χ0) is 28.6. The van der Waals surface area contributed by atoms with E-state index in [1.54, 1.807) is 5.01 Å². The Morgan fingerprint density at radius 1 is 0.949 bits per heavy atom. The number of benzene rings is 1. The molecule has 0 saturated carbocycles. The SMILES string of the molecule is N[C@@H](CS)C(=O)SSCCNC(=O)C1=NN(CCc2ccccc2)C(C(=O)NCCSSC(=O)[C@@H](N)CS)C1. The van der Waals surface area contributed by atoms with E-state index in [4.69, 9.17) is 11.5 Å². The van der Waals surface area contributed by atoms with Crippen LogP contribution in [0.5, 0.6) is 0 Å². The van der Waals surface area contributed by atoms with Crippen LogP contribution < -0.4 is 22.1 Å². The zero-order valence-electron chi connectivity index (χ0n) is 21.2. The van der Waals surface area contributed by atoms with Crippen molar-refractivity contribution in [2.75, 3.05) is 42.6 Å². The maximum Gasteiger partial charge on any atom is 0.267 e. The van der Waals surface area contributed by atoms with Gasteiger partial charge in [-0.25, -0.2) is 0 Å². The highest BCUT2D eigenvalue weighted by Gasteiger charge is 2.34. The topological polar surface area (TPSA) is 160 Å². The van der Waals surface area contributed by atoms with Crippen molar-refractivity contribution < 1.29 is 19.2 Å². The highest BCUT2D eigenvalue weighted by atomic mass is 33.1.